The van der Waals surface area contributed by atoms with E-state index in [1.54, 1.807) is 0 Å². The van der Waals surface area contributed by atoms with Gasteiger partial charge in [0.25, 0.3) is 0 Å². The van der Waals surface area contributed by atoms with Crippen LogP contribution in [0.4, 0.5) is 5.69 Å². The molecule has 1 atom stereocenters. The zero-order chi connectivity index (χ0) is 14.1. The molecule has 0 aliphatic heterocycles. The Kier molecular flexibility index (Phi) is 3.51. The summed E-state index contributed by atoms with van der Waals surface area (Å²) in [5.41, 5.74) is 5.42. The summed E-state index contributed by atoms with van der Waals surface area (Å²) in [7, 11) is 2.04. The third-order valence-electron chi connectivity index (χ3n) is 4.29. The summed E-state index contributed by atoms with van der Waals surface area (Å²) < 4.78 is 2.03. The first kappa shape index (κ1) is 13.2. The summed E-state index contributed by atoms with van der Waals surface area (Å²) in [6.45, 7) is 4.49. The predicted octanol–water partition coefficient (Wildman–Crippen LogP) is 4.03. The fourth-order valence-corrected chi connectivity index (χ4v) is 3.18. The summed E-state index contributed by atoms with van der Waals surface area (Å²) in [5.74, 6) is 0.538. The molecule has 0 radical (unpaired) electrons. The van der Waals surface area contributed by atoms with Gasteiger partial charge in [-0.1, -0.05) is 32.0 Å². The van der Waals surface area contributed by atoms with Gasteiger partial charge in [0.05, 0.1) is 12.2 Å². The number of nitrogens with one attached hydrogen (secondary N) is 1. The number of nitrogens with zero attached hydrogens (tertiary/aromatic N) is 2. The van der Waals surface area contributed by atoms with Crippen LogP contribution in [0.1, 0.15) is 55.5 Å². The summed E-state index contributed by atoms with van der Waals surface area (Å²) >= 11 is 0. The fourth-order valence-electron chi connectivity index (χ4n) is 3.18. The van der Waals surface area contributed by atoms with Crippen molar-refractivity contribution in [3.63, 3.8) is 0 Å². The molecule has 1 aliphatic carbocycles. The highest BCUT2D eigenvalue weighted by Crippen LogP contribution is 2.34. The highest BCUT2D eigenvalue weighted by atomic mass is 15.3. The van der Waals surface area contributed by atoms with Gasteiger partial charge in [0.2, 0.25) is 0 Å². The van der Waals surface area contributed by atoms with Crippen LogP contribution in [0.5, 0.6) is 0 Å². The lowest BCUT2D eigenvalue weighted by Gasteiger charge is -2.26. The molecule has 1 aromatic carbocycles. The van der Waals surface area contributed by atoms with Crippen molar-refractivity contribution in [2.24, 2.45) is 7.05 Å². The molecule has 0 fully saturated rings. The predicted molar refractivity (Wildman–Crippen MR) is 83.0 cm³/mol. The van der Waals surface area contributed by atoms with Crippen LogP contribution in [-0.2, 0) is 13.5 Å². The SMILES string of the molecule is CC(C)c1ccccc1NC1CCCc2c1cnn2C. The second-order valence-electron chi connectivity index (χ2n) is 6.00. The minimum absolute atomic E-state index is 0.396. The van der Waals surface area contributed by atoms with Gasteiger partial charge >= 0.3 is 0 Å². The molecule has 106 valence electrons. The van der Waals surface area contributed by atoms with Crippen molar-refractivity contribution < 1.29 is 0 Å². The van der Waals surface area contributed by atoms with Gasteiger partial charge in [-0.05, 0) is 36.8 Å². The third-order valence-corrected chi connectivity index (χ3v) is 4.29. The maximum absolute atomic E-state index is 4.42. The molecule has 0 amide bonds. The lowest BCUT2D eigenvalue weighted by Crippen LogP contribution is -2.18. The largest absolute Gasteiger partial charge is 0.378 e. The number of hydrogen-bond acceptors (Lipinski definition) is 2. The molecule has 0 bridgehead atoms. The van der Waals surface area contributed by atoms with Gasteiger partial charge < -0.3 is 5.32 Å². The van der Waals surface area contributed by atoms with Crippen molar-refractivity contribution in [2.45, 2.75) is 45.1 Å². The average Bonchev–Trinajstić information content (AvgIpc) is 2.82. The Bertz CT molecular complexity index is 598. The number of rotatable bonds is 3. The zero-order valence-corrected chi connectivity index (χ0v) is 12.6. The summed E-state index contributed by atoms with van der Waals surface area (Å²) in [5, 5.41) is 8.17. The molecule has 0 saturated heterocycles. The number of aryl methyl sites for hydroxylation is 1. The molecule has 0 spiro atoms. The lowest BCUT2D eigenvalue weighted by molar-refractivity contribution is 0.571. The molecule has 3 heteroatoms. The molecular formula is C17H23N3. The van der Waals surface area contributed by atoms with Crippen LogP contribution in [0.15, 0.2) is 30.5 Å². The first-order chi connectivity index (χ1) is 9.66. The molecule has 20 heavy (non-hydrogen) atoms. The van der Waals surface area contributed by atoms with Crippen LogP contribution < -0.4 is 5.32 Å². The van der Waals surface area contributed by atoms with E-state index >= 15 is 0 Å². The van der Waals surface area contributed by atoms with Crippen molar-refractivity contribution in [1.29, 1.82) is 0 Å². The van der Waals surface area contributed by atoms with E-state index in [0.717, 1.165) is 6.42 Å². The van der Waals surface area contributed by atoms with Crippen LogP contribution in [0.2, 0.25) is 0 Å². The smallest absolute Gasteiger partial charge is 0.0547 e. The summed E-state index contributed by atoms with van der Waals surface area (Å²) in [4.78, 5) is 0. The van der Waals surface area contributed by atoms with Gasteiger partial charge in [0.1, 0.15) is 0 Å². The normalized spacial score (nSPS) is 18.1. The molecule has 0 saturated carbocycles. The van der Waals surface area contributed by atoms with Gasteiger partial charge in [0, 0.05) is 24.0 Å². The zero-order valence-electron chi connectivity index (χ0n) is 12.6. The molecule has 1 N–H and O–H groups in total. The molecule has 3 nitrogen and oxygen atoms in total. The minimum Gasteiger partial charge on any atom is -0.378 e. The molecule has 1 aromatic heterocycles. The third kappa shape index (κ3) is 2.33. The standard InChI is InChI=1S/C17H23N3/c1-12(2)13-7-4-5-8-15(13)19-16-9-6-10-17-14(16)11-18-20(17)3/h4-5,7-8,11-12,16,19H,6,9-10H2,1-3H3. The van der Waals surface area contributed by atoms with Crippen LogP contribution in [0, 0.1) is 0 Å². The van der Waals surface area contributed by atoms with E-state index in [4.69, 9.17) is 0 Å². The van der Waals surface area contributed by atoms with E-state index in [9.17, 15) is 0 Å². The second kappa shape index (κ2) is 5.31. The highest BCUT2D eigenvalue weighted by Gasteiger charge is 2.23. The van der Waals surface area contributed by atoms with E-state index in [1.807, 2.05) is 17.9 Å². The van der Waals surface area contributed by atoms with Gasteiger partial charge in [-0.3, -0.25) is 4.68 Å². The Labute approximate surface area is 121 Å². The lowest BCUT2D eigenvalue weighted by atomic mass is 9.92. The molecule has 2 aromatic rings. The van der Waals surface area contributed by atoms with E-state index in [2.05, 4.69) is 48.5 Å². The molecule has 1 unspecified atom stereocenters. The minimum atomic E-state index is 0.396. The fraction of sp³-hybridized carbons (Fsp3) is 0.471. The van der Waals surface area contributed by atoms with Crippen LogP contribution in [0.3, 0.4) is 0 Å². The number of benzene rings is 1. The highest BCUT2D eigenvalue weighted by molar-refractivity contribution is 5.54. The van der Waals surface area contributed by atoms with Crippen LogP contribution >= 0.6 is 0 Å². The number of fused-ring (bicyclic) bond motifs is 1. The maximum Gasteiger partial charge on any atom is 0.0547 e. The van der Waals surface area contributed by atoms with Crippen molar-refractivity contribution in [3.05, 3.63) is 47.3 Å². The van der Waals surface area contributed by atoms with E-state index in [1.165, 1.54) is 35.3 Å². The van der Waals surface area contributed by atoms with Crippen molar-refractivity contribution >= 4 is 5.69 Å². The molecule has 3 rings (SSSR count). The Morgan fingerprint density at radius 1 is 1.30 bits per heavy atom. The van der Waals surface area contributed by atoms with Crippen LogP contribution in [-0.4, -0.2) is 9.78 Å². The van der Waals surface area contributed by atoms with Gasteiger partial charge in [-0.2, -0.15) is 5.10 Å². The van der Waals surface area contributed by atoms with E-state index in [-0.39, 0.29) is 0 Å². The molecule has 1 aliphatic rings. The number of para-hydroxylation sites is 1. The number of anilines is 1. The van der Waals surface area contributed by atoms with Crippen molar-refractivity contribution in [3.8, 4) is 0 Å². The Morgan fingerprint density at radius 3 is 2.90 bits per heavy atom. The first-order valence-electron chi connectivity index (χ1n) is 7.53. The van der Waals surface area contributed by atoms with Crippen molar-refractivity contribution in [1.82, 2.24) is 9.78 Å². The Balaban J connectivity index is 1.90. The topological polar surface area (TPSA) is 29.9 Å². The quantitative estimate of drug-likeness (QED) is 0.911. The maximum atomic E-state index is 4.42. The van der Waals surface area contributed by atoms with Crippen LogP contribution in [0.25, 0.3) is 0 Å². The van der Waals surface area contributed by atoms with E-state index in [0.29, 0.717) is 12.0 Å². The van der Waals surface area contributed by atoms with Gasteiger partial charge in [-0.25, -0.2) is 0 Å². The van der Waals surface area contributed by atoms with Gasteiger partial charge in [-0.15, -0.1) is 0 Å². The Morgan fingerprint density at radius 2 is 2.10 bits per heavy atom. The van der Waals surface area contributed by atoms with Crippen molar-refractivity contribution in [2.75, 3.05) is 5.32 Å². The molecular weight excluding hydrogens is 246 g/mol. The second-order valence-corrected chi connectivity index (χ2v) is 6.00. The summed E-state index contributed by atoms with van der Waals surface area (Å²) in [6.07, 6.45) is 5.60. The number of hydrogen-bond donors (Lipinski definition) is 1. The number of aromatic nitrogens is 2. The first-order valence-corrected chi connectivity index (χ1v) is 7.53. The monoisotopic (exact) mass is 269 g/mol. The van der Waals surface area contributed by atoms with Gasteiger partial charge in [0.15, 0.2) is 0 Å². The Hall–Kier alpha value is -1.77. The average molecular weight is 269 g/mol. The molecule has 1 heterocycles. The summed E-state index contributed by atoms with van der Waals surface area (Å²) in [6, 6.07) is 9.05. The van der Waals surface area contributed by atoms with E-state index < -0.39 is 0 Å².